The smallest absolute Gasteiger partial charge is 0.161 e. The van der Waals surface area contributed by atoms with Gasteiger partial charge in [0.05, 0.1) is 13.2 Å². The second-order valence-corrected chi connectivity index (χ2v) is 5.86. The zero-order chi connectivity index (χ0) is 14.4. The first-order valence-corrected chi connectivity index (χ1v) is 7.81. The van der Waals surface area contributed by atoms with Gasteiger partial charge >= 0.3 is 0 Å². The highest BCUT2D eigenvalue weighted by molar-refractivity contribution is 5.43. The highest BCUT2D eigenvalue weighted by Crippen LogP contribution is 2.32. The molecule has 3 nitrogen and oxygen atoms in total. The van der Waals surface area contributed by atoms with E-state index in [0.29, 0.717) is 12.6 Å². The predicted molar refractivity (Wildman–Crippen MR) is 82.4 cm³/mol. The third-order valence-corrected chi connectivity index (χ3v) is 3.72. The summed E-state index contributed by atoms with van der Waals surface area (Å²) in [5.74, 6) is 2.49. The van der Waals surface area contributed by atoms with Crippen molar-refractivity contribution in [3.05, 3.63) is 23.8 Å². The summed E-state index contributed by atoms with van der Waals surface area (Å²) in [6, 6.07) is 6.74. The Morgan fingerprint density at radius 1 is 1.20 bits per heavy atom. The molecule has 0 amide bonds. The number of ether oxygens (including phenoxy) is 2. The Balaban J connectivity index is 1.97. The van der Waals surface area contributed by atoms with Crippen LogP contribution in [0.5, 0.6) is 11.5 Å². The minimum absolute atomic E-state index is 0.486. The highest BCUT2D eigenvalue weighted by Gasteiger charge is 2.18. The SMILES string of the molecule is CCOc1cc(CNC(C)C)ccc1OCC1CCC1. The summed E-state index contributed by atoms with van der Waals surface area (Å²) < 4.78 is 11.6. The van der Waals surface area contributed by atoms with Crippen LogP contribution in [0.3, 0.4) is 0 Å². The van der Waals surface area contributed by atoms with Gasteiger partial charge in [0, 0.05) is 12.6 Å². The number of nitrogens with one attached hydrogen (secondary N) is 1. The first-order valence-electron chi connectivity index (χ1n) is 7.81. The molecule has 0 aliphatic heterocycles. The Bertz CT molecular complexity index is 413. The van der Waals surface area contributed by atoms with Crippen molar-refractivity contribution in [2.75, 3.05) is 13.2 Å². The lowest BCUT2D eigenvalue weighted by Crippen LogP contribution is -2.22. The molecular weight excluding hydrogens is 250 g/mol. The lowest BCUT2D eigenvalue weighted by molar-refractivity contribution is 0.174. The van der Waals surface area contributed by atoms with Crippen molar-refractivity contribution in [3.63, 3.8) is 0 Å². The van der Waals surface area contributed by atoms with E-state index in [2.05, 4.69) is 31.3 Å². The van der Waals surface area contributed by atoms with Gasteiger partial charge in [-0.15, -0.1) is 0 Å². The van der Waals surface area contributed by atoms with Gasteiger partial charge in [0.2, 0.25) is 0 Å². The average Bonchev–Trinajstić information content (AvgIpc) is 2.37. The molecule has 1 aromatic carbocycles. The summed E-state index contributed by atoms with van der Waals surface area (Å²) in [5.41, 5.74) is 1.23. The van der Waals surface area contributed by atoms with E-state index in [0.717, 1.165) is 30.6 Å². The number of rotatable bonds is 8. The van der Waals surface area contributed by atoms with Gasteiger partial charge in [0.1, 0.15) is 0 Å². The summed E-state index contributed by atoms with van der Waals surface area (Å²) in [7, 11) is 0. The summed E-state index contributed by atoms with van der Waals surface area (Å²) in [6.45, 7) is 8.67. The van der Waals surface area contributed by atoms with E-state index < -0.39 is 0 Å². The van der Waals surface area contributed by atoms with Crippen molar-refractivity contribution in [1.82, 2.24) is 5.32 Å². The zero-order valence-electron chi connectivity index (χ0n) is 12.9. The maximum Gasteiger partial charge on any atom is 0.161 e. The molecule has 3 heteroatoms. The Morgan fingerprint density at radius 3 is 2.60 bits per heavy atom. The van der Waals surface area contributed by atoms with Crippen molar-refractivity contribution in [2.24, 2.45) is 5.92 Å². The van der Waals surface area contributed by atoms with Crippen LogP contribution in [0.4, 0.5) is 0 Å². The molecule has 1 saturated carbocycles. The molecule has 0 unspecified atom stereocenters. The summed E-state index contributed by atoms with van der Waals surface area (Å²) >= 11 is 0. The number of hydrogen-bond donors (Lipinski definition) is 1. The van der Waals surface area contributed by atoms with Crippen LogP contribution in [0.2, 0.25) is 0 Å². The number of benzene rings is 1. The van der Waals surface area contributed by atoms with Crippen molar-refractivity contribution in [3.8, 4) is 11.5 Å². The first-order chi connectivity index (χ1) is 9.69. The third-order valence-electron chi connectivity index (χ3n) is 3.72. The molecule has 0 spiro atoms. The maximum absolute atomic E-state index is 5.93. The molecule has 1 N–H and O–H groups in total. The van der Waals surface area contributed by atoms with Crippen LogP contribution in [0.25, 0.3) is 0 Å². The second kappa shape index (κ2) is 7.53. The van der Waals surface area contributed by atoms with Gasteiger partial charge in [-0.25, -0.2) is 0 Å². The maximum atomic E-state index is 5.93. The van der Waals surface area contributed by atoms with Crippen molar-refractivity contribution in [2.45, 2.75) is 52.6 Å². The van der Waals surface area contributed by atoms with Crippen molar-refractivity contribution in [1.29, 1.82) is 0 Å². The van der Waals surface area contributed by atoms with Crippen LogP contribution in [0.15, 0.2) is 18.2 Å². The van der Waals surface area contributed by atoms with Gasteiger partial charge in [-0.1, -0.05) is 26.3 Å². The van der Waals surface area contributed by atoms with Crippen LogP contribution >= 0.6 is 0 Å². The average molecular weight is 277 g/mol. The van der Waals surface area contributed by atoms with E-state index in [9.17, 15) is 0 Å². The molecule has 0 radical (unpaired) electrons. The van der Waals surface area contributed by atoms with Gasteiger partial charge in [0.25, 0.3) is 0 Å². The fourth-order valence-corrected chi connectivity index (χ4v) is 2.24. The van der Waals surface area contributed by atoms with Crippen LogP contribution in [-0.4, -0.2) is 19.3 Å². The minimum Gasteiger partial charge on any atom is -0.490 e. The topological polar surface area (TPSA) is 30.5 Å². The minimum atomic E-state index is 0.486. The second-order valence-electron chi connectivity index (χ2n) is 5.86. The van der Waals surface area contributed by atoms with Gasteiger partial charge < -0.3 is 14.8 Å². The van der Waals surface area contributed by atoms with E-state index >= 15 is 0 Å². The van der Waals surface area contributed by atoms with Gasteiger partial charge in [-0.2, -0.15) is 0 Å². The molecule has 112 valence electrons. The quantitative estimate of drug-likeness (QED) is 0.784. The highest BCUT2D eigenvalue weighted by atomic mass is 16.5. The van der Waals surface area contributed by atoms with Crippen LogP contribution in [0, 0.1) is 5.92 Å². The third kappa shape index (κ3) is 4.41. The monoisotopic (exact) mass is 277 g/mol. The van der Waals surface area contributed by atoms with E-state index in [1.54, 1.807) is 0 Å². The molecule has 20 heavy (non-hydrogen) atoms. The molecule has 1 fully saturated rings. The molecule has 1 aliphatic rings. The van der Waals surface area contributed by atoms with Gasteiger partial charge in [0.15, 0.2) is 11.5 Å². The van der Waals surface area contributed by atoms with Gasteiger partial charge in [-0.05, 0) is 43.4 Å². The molecule has 0 atom stereocenters. The van der Waals surface area contributed by atoms with E-state index in [1.807, 2.05) is 13.0 Å². The molecule has 0 bridgehead atoms. The fourth-order valence-electron chi connectivity index (χ4n) is 2.24. The van der Waals surface area contributed by atoms with E-state index in [4.69, 9.17) is 9.47 Å². The molecular formula is C17H27NO2. The largest absolute Gasteiger partial charge is 0.490 e. The Hall–Kier alpha value is -1.22. The lowest BCUT2D eigenvalue weighted by atomic mass is 9.86. The van der Waals surface area contributed by atoms with E-state index in [-0.39, 0.29) is 0 Å². The Kier molecular flexibility index (Phi) is 5.72. The standard InChI is InChI=1S/C17H27NO2/c1-4-19-17-10-15(11-18-13(2)3)8-9-16(17)20-12-14-6-5-7-14/h8-10,13-14,18H,4-7,11-12H2,1-3H3. The first kappa shape index (κ1) is 15.2. The molecule has 2 rings (SSSR count). The van der Waals surface area contributed by atoms with Crippen LogP contribution in [0.1, 0.15) is 45.6 Å². The fraction of sp³-hybridized carbons (Fsp3) is 0.647. The normalized spacial score (nSPS) is 15.2. The molecule has 0 saturated heterocycles. The lowest BCUT2D eigenvalue weighted by Gasteiger charge is -2.25. The van der Waals surface area contributed by atoms with Crippen molar-refractivity contribution >= 4 is 0 Å². The molecule has 1 aromatic rings. The molecule has 1 aliphatic carbocycles. The van der Waals surface area contributed by atoms with E-state index in [1.165, 1.54) is 24.8 Å². The van der Waals surface area contributed by atoms with Gasteiger partial charge in [-0.3, -0.25) is 0 Å². The van der Waals surface area contributed by atoms with Crippen LogP contribution in [-0.2, 0) is 6.54 Å². The predicted octanol–water partition coefficient (Wildman–Crippen LogP) is 3.76. The Labute approximate surface area is 122 Å². The zero-order valence-corrected chi connectivity index (χ0v) is 12.9. The summed E-state index contributed by atoms with van der Waals surface area (Å²) in [4.78, 5) is 0. The summed E-state index contributed by atoms with van der Waals surface area (Å²) in [5, 5.41) is 3.42. The Morgan fingerprint density at radius 2 is 2.00 bits per heavy atom. The summed E-state index contributed by atoms with van der Waals surface area (Å²) in [6.07, 6.45) is 3.97. The number of hydrogen-bond acceptors (Lipinski definition) is 3. The molecule has 0 heterocycles. The van der Waals surface area contributed by atoms with Crippen LogP contribution < -0.4 is 14.8 Å². The van der Waals surface area contributed by atoms with Crippen molar-refractivity contribution < 1.29 is 9.47 Å². The molecule has 0 aromatic heterocycles.